The van der Waals surface area contributed by atoms with Crippen molar-refractivity contribution in [3.05, 3.63) is 35.4 Å². The van der Waals surface area contributed by atoms with Crippen LogP contribution in [0.4, 0.5) is 8.78 Å². The molecule has 1 nitrogen and oxygen atoms in total. The van der Waals surface area contributed by atoms with Crippen molar-refractivity contribution in [1.29, 1.82) is 0 Å². The predicted octanol–water partition coefficient (Wildman–Crippen LogP) is 3.89. The molecule has 0 spiro atoms. The molecular weight excluding hydrogens is 240 g/mol. The minimum Gasteiger partial charge on any atom is -0.323 e. The fraction of sp³-hybridized carbons (Fsp3) is 0.538. The van der Waals surface area contributed by atoms with E-state index in [9.17, 15) is 8.78 Å². The molecule has 17 heavy (non-hydrogen) atoms. The number of thioether (sulfide) groups is 1. The smallest absolute Gasteiger partial charge is 0.159 e. The molecule has 0 saturated heterocycles. The second-order valence-corrected chi connectivity index (χ2v) is 5.21. The van der Waals surface area contributed by atoms with Crippen molar-refractivity contribution >= 4 is 11.8 Å². The quantitative estimate of drug-likeness (QED) is 0.752. The Kier molecular flexibility index (Phi) is 6.52. The molecule has 0 aliphatic heterocycles. The van der Waals surface area contributed by atoms with Crippen LogP contribution in [-0.2, 0) is 0 Å². The van der Waals surface area contributed by atoms with E-state index in [1.165, 1.54) is 25.3 Å². The lowest BCUT2D eigenvalue weighted by Gasteiger charge is -2.11. The summed E-state index contributed by atoms with van der Waals surface area (Å²) < 4.78 is 25.7. The Morgan fingerprint density at radius 1 is 1.24 bits per heavy atom. The molecule has 0 radical (unpaired) electrons. The number of halogens is 2. The van der Waals surface area contributed by atoms with E-state index in [0.29, 0.717) is 5.56 Å². The van der Waals surface area contributed by atoms with Crippen LogP contribution >= 0.6 is 11.8 Å². The van der Waals surface area contributed by atoms with Gasteiger partial charge in [-0.05, 0) is 29.9 Å². The third-order valence-corrected chi connectivity index (χ3v) is 3.73. The van der Waals surface area contributed by atoms with Crippen molar-refractivity contribution in [2.24, 2.45) is 5.73 Å². The molecule has 0 aliphatic rings. The molecule has 0 aromatic heterocycles. The van der Waals surface area contributed by atoms with E-state index in [0.717, 1.165) is 17.6 Å². The summed E-state index contributed by atoms with van der Waals surface area (Å²) in [5, 5.41) is 0. The van der Waals surface area contributed by atoms with E-state index in [2.05, 4.69) is 6.92 Å². The van der Waals surface area contributed by atoms with E-state index in [1.54, 1.807) is 17.8 Å². The zero-order chi connectivity index (χ0) is 12.7. The SMILES string of the molecule is CCCCCSCC(N)c1ccc(F)c(F)c1. The lowest BCUT2D eigenvalue weighted by atomic mass is 10.1. The first-order valence-electron chi connectivity index (χ1n) is 5.93. The fourth-order valence-electron chi connectivity index (χ4n) is 1.50. The van der Waals surface area contributed by atoms with Crippen molar-refractivity contribution in [1.82, 2.24) is 0 Å². The van der Waals surface area contributed by atoms with Crippen LogP contribution in [0.3, 0.4) is 0 Å². The zero-order valence-corrected chi connectivity index (χ0v) is 10.9. The number of benzene rings is 1. The van der Waals surface area contributed by atoms with Crippen molar-refractivity contribution in [3.63, 3.8) is 0 Å². The molecule has 4 heteroatoms. The maximum atomic E-state index is 13.0. The molecule has 1 aromatic rings. The summed E-state index contributed by atoms with van der Waals surface area (Å²) >= 11 is 1.76. The first-order chi connectivity index (χ1) is 8.15. The van der Waals surface area contributed by atoms with Crippen molar-refractivity contribution < 1.29 is 8.78 Å². The molecule has 0 aliphatic carbocycles. The van der Waals surface area contributed by atoms with E-state index >= 15 is 0 Å². The minimum absolute atomic E-state index is 0.225. The number of rotatable bonds is 7. The monoisotopic (exact) mass is 259 g/mol. The highest BCUT2D eigenvalue weighted by atomic mass is 32.2. The van der Waals surface area contributed by atoms with Gasteiger partial charge in [-0.1, -0.05) is 25.8 Å². The standard InChI is InChI=1S/C13H19F2NS/c1-2-3-4-7-17-9-13(16)10-5-6-11(14)12(15)8-10/h5-6,8,13H,2-4,7,9,16H2,1H3. The van der Waals surface area contributed by atoms with Gasteiger partial charge in [0.25, 0.3) is 0 Å². The van der Waals surface area contributed by atoms with E-state index in [1.807, 2.05) is 0 Å². The van der Waals surface area contributed by atoms with Crippen molar-refractivity contribution in [3.8, 4) is 0 Å². The Morgan fingerprint density at radius 2 is 2.00 bits per heavy atom. The second kappa shape index (κ2) is 7.67. The summed E-state index contributed by atoms with van der Waals surface area (Å²) in [5.74, 6) is 0.172. The molecule has 0 fully saturated rings. The Labute approximate surface area is 106 Å². The van der Waals surface area contributed by atoms with Crippen LogP contribution in [0.1, 0.15) is 37.8 Å². The topological polar surface area (TPSA) is 26.0 Å². The Morgan fingerprint density at radius 3 is 2.65 bits per heavy atom. The molecule has 0 saturated carbocycles. The van der Waals surface area contributed by atoms with Gasteiger partial charge in [0.2, 0.25) is 0 Å². The fourth-order valence-corrected chi connectivity index (χ4v) is 2.52. The highest BCUT2D eigenvalue weighted by Gasteiger charge is 2.09. The Balaban J connectivity index is 2.36. The van der Waals surface area contributed by atoms with Crippen LogP contribution < -0.4 is 5.73 Å². The van der Waals surface area contributed by atoms with Crippen LogP contribution in [-0.4, -0.2) is 11.5 Å². The third-order valence-electron chi connectivity index (χ3n) is 2.56. The molecular formula is C13H19F2NS. The first-order valence-corrected chi connectivity index (χ1v) is 7.09. The Bertz CT molecular complexity index is 344. The lowest BCUT2D eigenvalue weighted by Crippen LogP contribution is -2.13. The van der Waals surface area contributed by atoms with Gasteiger partial charge < -0.3 is 5.73 Å². The summed E-state index contributed by atoms with van der Waals surface area (Å²) in [6.07, 6.45) is 3.62. The van der Waals surface area contributed by atoms with Gasteiger partial charge in [-0.3, -0.25) is 0 Å². The number of hydrogen-bond donors (Lipinski definition) is 1. The second-order valence-electron chi connectivity index (χ2n) is 4.06. The van der Waals surface area contributed by atoms with Gasteiger partial charge in [-0.15, -0.1) is 0 Å². The number of hydrogen-bond acceptors (Lipinski definition) is 2. The normalized spacial score (nSPS) is 12.7. The summed E-state index contributed by atoms with van der Waals surface area (Å²) in [6, 6.07) is 3.64. The van der Waals surface area contributed by atoms with Crippen LogP contribution in [0.5, 0.6) is 0 Å². The molecule has 96 valence electrons. The largest absolute Gasteiger partial charge is 0.323 e. The van der Waals surface area contributed by atoms with Gasteiger partial charge in [-0.25, -0.2) is 8.78 Å². The highest BCUT2D eigenvalue weighted by Crippen LogP contribution is 2.19. The van der Waals surface area contributed by atoms with E-state index in [-0.39, 0.29) is 6.04 Å². The Hall–Kier alpha value is -0.610. The molecule has 0 heterocycles. The summed E-state index contributed by atoms with van der Waals surface area (Å²) in [5.41, 5.74) is 6.58. The molecule has 0 amide bonds. The van der Waals surface area contributed by atoms with Crippen LogP contribution in [0, 0.1) is 11.6 Å². The number of unbranched alkanes of at least 4 members (excludes halogenated alkanes) is 2. The van der Waals surface area contributed by atoms with E-state index in [4.69, 9.17) is 5.73 Å². The molecule has 0 bridgehead atoms. The zero-order valence-electron chi connectivity index (χ0n) is 10.1. The van der Waals surface area contributed by atoms with Crippen LogP contribution in [0.25, 0.3) is 0 Å². The molecule has 1 atom stereocenters. The van der Waals surface area contributed by atoms with Crippen molar-refractivity contribution in [2.75, 3.05) is 11.5 Å². The maximum absolute atomic E-state index is 13.0. The molecule has 1 aromatic carbocycles. The van der Waals surface area contributed by atoms with Gasteiger partial charge in [0, 0.05) is 11.8 Å². The van der Waals surface area contributed by atoms with Crippen LogP contribution in [0.2, 0.25) is 0 Å². The van der Waals surface area contributed by atoms with Crippen molar-refractivity contribution in [2.45, 2.75) is 32.2 Å². The van der Waals surface area contributed by atoms with Gasteiger partial charge in [-0.2, -0.15) is 11.8 Å². The summed E-state index contributed by atoms with van der Waals surface area (Å²) in [4.78, 5) is 0. The van der Waals surface area contributed by atoms with Gasteiger partial charge in [0.1, 0.15) is 0 Å². The summed E-state index contributed by atoms with van der Waals surface area (Å²) in [7, 11) is 0. The van der Waals surface area contributed by atoms with Crippen LogP contribution in [0.15, 0.2) is 18.2 Å². The molecule has 2 N–H and O–H groups in total. The molecule has 1 rings (SSSR count). The number of nitrogens with two attached hydrogens (primary N) is 1. The van der Waals surface area contributed by atoms with Gasteiger partial charge in [0.05, 0.1) is 0 Å². The minimum atomic E-state index is -0.825. The third kappa shape index (κ3) is 5.04. The maximum Gasteiger partial charge on any atom is 0.159 e. The first kappa shape index (κ1) is 14.5. The average Bonchev–Trinajstić information content (AvgIpc) is 2.32. The van der Waals surface area contributed by atoms with Gasteiger partial charge >= 0.3 is 0 Å². The highest BCUT2D eigenvalue weighted by molar-refractivity contribution is 7.99. The van der Waals surface area contributed by atoms with E-state index < -0.39 is 11.6 Å². The summed E-state index contributed by atoms with van der Waals surface area (Å²) in [6.45, 7) is 2.16. The average molecular weight is 259 g/mol. The van der Waals surface area contributed by atoms with Gasteiger partial charge in [0.15, 0.2) is 11.6 Å². The lowest BCUT2D eigenvalue weighted by molar-refractivity contribution is 0.506. The predicted molar refractivity (Wildman–Crippen MR) is 70.1 cm³/mol. The molecule has 1 unspecified atom stereocenters.